The minimum atomic E-state index is -0.325. The standard InChI is InChI=1S/C18H19ClN2O2/c1-12-8-9-13(2)18(14(12)3)23-11-17(22)21-20-10-15-6-4-5-7-16(15)19/h4-10H,11H2,1-3H3,(H,21,22). The Balaban J connectivity index is 1.91. The molecule has 2 aromatic rings. The first kappa shape index (κ1) is 17.0. The van der Waals surface area contributed by atoms with Crippen LogP contribution in [0.4, 0.5) is 0 Å². The zero-order chi connectivity index (χ0) is 16.8. The Morgan fingerprint density at radius 3 is 2.61 bits per heavy atom. The van der Waals surface area contributed by atoms with Crippen LogP contribution >= 0.6 is 11.6 Å². The number of nitrogens with zero attached hydrogens (tertiary/aromatic N) is 1. The van der Waals surface area contributed by atoms with Crippen LogP contribution in [-0.4, -0.2) is 18.7 Å². The molecule has 0 aliphatic carbocycles. The van der Waals surface area contributed by atoms with Crippen LogP contribution in [0.25, 0.3) is 0 Å². The van der Waals surface area contributed by atoms with Crippen LogP contribution in [-0.2, 0) is 4.79 Å². The van der Waals surface area contributed by atoms with Gasteiger partial charge in [-0.25, -0.2) is 5.43 Å². The summed E-state index contributed by atoms with van der Waals surface area (Å²) in [6.45, 7) is 5.85. The molecule has 0 unspecified atom stereocenters. The van der Waals surface area contributed by atoms with Crippen molar-refractivity contribution in [1.29, 1.82) is 0 Å². The van der Waals surface area contributed by atoms with Gasteiger partial charge in [-0.3, -0.25) is 4.79 Å². The molecule has 0 saturated carbocycles. The van der Waals surface area contributed by atoms with Crippen molar-refractivity contribution in [3.8, 4) is 5.75 Å². The summed E-state index contributed by atoms with van der Waals surface area (Å²) in [6, 6.07) is 11.3. The number of nitrogens with one attached hydrogen (secondary N) is 1. The quantitative estimate of drug-likeness (QED) is 0.669. The average molecular weight is 331 g/mol. The number of carbonyl (C=O) groups excluding carboxylic acids is 1. The first-order valence-corrected chi connectivity index (χ1v) is 7.63. The van der Waals surface area contributed by atoms with Crippen molar-refractivity contribution in [3.63, 3.8) is 0 Å². The van der Waals surface area contributed by atoms with Gasteiger partial charge in [0.1, 0.15) is 5.75 Å². The fraction of sp³-hybridized carbons (Fsp3) is 0.222. The summed E-state index contributed by atoms with van der Waals surface area (Å²) < 4.78 is 5.62. The second-order valence-electron chi connectivity index (χ2n) is 5.26. The number of carbonyl (C=O) groups is 1. The summed E-state index contributed by atoms with van der Waals surface area (Å²) in [4.78, 5) is 11.8. The largest absolute Gasteiger partial charge is 0.483 e. The minimum absolute atomic E-state index is 0.0923. The van der Waals surface area contributed by atoms with E-state index in [0.29, 0.717) is 5.02 Å². The maximum absolute atomic E-state index is 11.8. The summed E-state index contributed by atoms with van der Waals surface area (Å²) in [6.07, 6.45) is 1.50. The summed E-state index contributed by atoms with van der Waals surface area (Å²) in [5.41, 5.74) is 6.33. The van der Waals surface area contributed by atoms with Crippen LogP contribution in [0.3, 0.4) is 0 Å². The number of rotatable bonds is 5. The highest BCUT2D eigenvalue weighted by Gasteiger charge is 2.08. The number of ether oxygens (including phenoxy) is 1. The number of hydrazone groups is 1. The monoisotopic (exact) mass is 330 g/mol. The summed E-state index contributed by atoms with van der Waals surface area (Å²) in [5.74, 6) is 0.420. The molecule has 0 aliphatic rings. The van der Waals surface area contributed by atoms with E-state index in [0.717, 1.165) is 28.0 Å². The van der Waals surface area contributed by atoms with E-state index in [9.17, 15) is 4.79 Å². The van der Waals surface area contributed by atoms with Gasteiger partial charge >= 0.3 is 0 Å². The molecule has 0 saturated heterocycles. The Morgan fingerprint density at radius 2 is 1.87 bits per heavy atom. The molecule has 0 spiro atoms. The van der Waals surface area contributed by atoms with E-state index in [1.807, 2.05) is 51.1 Å². The Hall–Kier alpha value is -2.33. The van der Waals surface area contributed by atoms with Crippen LogP contribution < -0.4 is 10.2 Å². The molecule has 0 atom stereocenters. The van der Waals surface area contributed by atoms with Gasteiger partial charge in [-0.05, 0) is 43.5 Å². The van der Waals surface area contributed by atoms with Gasteiger partial charge in [0.05, 0.1) is 6.21 Å². The van der Waals surface area contributed by atoms with E-state index >= 15 is 0 Å². The Kier molecular flexibility index (Phi) is 5.77. The number of hydrogen-bond donors (Lipinski definition) is 1. The highest BCUT2D eigenvalue weighted by molar-refractivity contribution is 6.33. The van der Waals surface area contributed by atoms with Gasteiger partial charge < -0.3 is 4.74 Å². The number of hydrogen-bond acceptors (Lipinski definition) is 3. The van der Waals surface area contributed by atoms with Gasteiger partial charge in [-0.1, -0.05) is 41.9 Å². The van der Waals surface area contributed by atoms with E-state index in [1.54, 1.807) is 6.07 Å². The fourth-order valence-electron chi connectivity index (χ4n) is 2.07. The third-order valence-electron chi connectivity index (χ3n) is 3.52. The lowest BCUT2D eigenvalue weighted by atomic mass is 10.1. The van der Waals surface area contributed by atoms with E-state index in [2.05, 4.69) is 10.5 Å². The van der Waals surface area contributed by atoms with Gasteiger partial charge in [-0.2, -0.15) is 5.10 Å². The normalized spacial score (nSPS) is 10.8. The topological polar surface area (TPSA) is 50.7 Å². The molecule has 0 aromatic heterocycles. The molecular weight excluding hydrogens is 312 g/mol. The van der Waals surface area contributed by atoms with E-state index in [1.165, 1.54) is 6.21 Å². The predicted molar refractivity (Wildman–Crippen MR) is 93.3 cm³/mol. The maximum Gasteiger partial charge on any atom is 0.277 e. The third kappa shape index (κ3) is 4.57. The highest BCUT2D eigenvalue weighted by Crippen LogP contribution is 2.25. The van der Waals surface area contributed by atoms with Gasteiger partial charge in [0.15, 0.2) is 6.61 Å². The van der Waals surface area contributed by atoms with Gasteiger partial charge in [0.25, 0.3) is 5.91 Å². The molecule has 0 bridgehead atoms. The SMILES string of the molecule is Cc1ccc(C)c(OCC(=O)NN=Cc2ccccc2Cl)c1C. The lowest BCUT2D eigenvalue weighted by Crippen LogP contribution is -2.25. The summed E-state index contributed by atoms with van der Waals surface area (Å²) in [7, 11) is 0. The smallest absolute Gasteiger partial charge is 0.277 e. The third-order valence-corrected chi connectivity index (χ3v) is 3.86. The molecular formula is C18H19ClN2O2. The fourth-order valence-corrected chi connectivity index (χ4v) is 2.26. The lowest BCUT2D eigenvalue weighted by Gasteiger charge is -2.13. The predicted octanol–water partition coefficient (Wildman–Crippen LogP) is 3.79. The van der Waals surface area contributed by atoms with Gasteiger partial charge in [0, 0.05) is 10.6 Å². The van der Waals surface area contributed by atoms with Crippen molar-refractivity contribution in [2.24, 2.45) is 5.10 Å². The van der Waals surface area contributed by atoms with Crippen LogP contribution in [0.15, 0.2) is 41.5 Å². The Bertz CT molecular complexity index is 742. The molecule has 1 amide bonds. The molecule has 2 aromatic carbocycles. The van der Waals surface area contributed by atoms with Gasteiger partial charge in [0.2, 0.25) is 0 Å². The number of benzene rings is 2. The second kappa shape index (κ2) is 7.79. The molecule has 2 rings (SSSR count). The molecule has 0 heterocycles. The number of amides is 1. The van der Waals surface area contributed by atoms with Crippen LogP contribution in [0.1, 0.15) is 22.3 Å². The lowest BCUT2D eigenvalue weighted by molar-refractivity contribution is -0.123. The van der Waals surface area contributed by atoms with Crippen molar-refractivity contribution >= 4 is 23.7 Å². The van der Waals surface area contributed by atoms with Crippen molar-refractivity contribution < 1.29 is 9.53 Å². The van der Waals surface area contributed by atoms with Crippen molar-refractivity contribution in [2.75, 3.05) is 6.61 Å². The molecule has 4 nitrogen and oxygen atoms in total. The first-order chi connectivity index (χ1) is 11.0. The zero-order valence-electron chi connectivity index (χ0n) is 13.4. The Morgan fingerprint density at radius 1 is 1.17 bits per heavy atom. The molecule has 5 heteroatoms. The highest BCUT2D eigenvalue weighted by atomic mass is 35.5. The van der Waals surface area contributed by atoms with E-state index < -0.39 is 0 Å². The zero-order valence-corrected chi connectivity index (χ0v) is 14.1. The molecule has 1 N–H and O–H groups in total. The second-order valence-corrected chi connectivity index (χ2v) is 5.66. The molecule has 0 fully saturated rings. The molecule has 23 heavy (non-hydrogen) atoms. The van der Waals surface area contributed by atoms with E-state index in [-0.39, 0.29) is 12.5 Å². The van der Waals surface area contributed by atoms with E-state index in [4.69, 9.17) is 16.3 Å². The summed E-state index contributed by atoms with van der Waals surface area (Å²) >= 11 is 6.00. The van der Waals surface area contributed by atoms with Gasteiger partial charge in [-0.15, -0.1) is 0 Å². The molecule has 0 aliphatic heterocycles. The van der Waals surface area contributed by atoms with Crippen LogP contribution in [0.2, 0.25) is 5.02 Å². The average Bonchev–Trinajstić information content (AvgIpc) is 2.53. The van der Waals surface area contributed by atoms with Crippen molar-refractivity contribution in [2.45, 2.75) is 20.8 Å². The molecule has 0 radical (unpaired) electrons. The van der Waals surface area contributed by atoms with Crippen molar-refractivity contribution in [1.82, 2.24) is 5.43 Å². The molecule has 120 valence electrons. The number of aryl methyl sites for hydroxylation is 2. The van der Waals surface area contributed by atoms with Crippen LogP contribution in [0.5, 0.6) is 5.75 Å². The Labute approximate surface area is 141 Å². The van der Waals surface area contributed by atoms with Crippen LogP contribution in [0, 0.1) is 20.8 Å². The summed E-state index contributed by atoms with van der Waals surface area (Å²) in [5, 5.41) is 4.46. The van der Waals surface area contributed by atoms with Crippen molar-refractivity contribution in [3.05, 3.63) is 63.7 Å². The minimum Gasteiger partial charge on any atom is -0.483 e. The number of halogens is 1. The first-order valence-electron chi connectivity index (χ1n) is 7.25. The maximum atomic E-state index is 11.8.